The maximum absolute atomic E-state index is 13.1. The lowest BCUT2D eigenvalue weighted by molar-refractivity contribution is -0.120. The van der Waals surface area contributed by atoms with Gasteiger partial charge in [0.1, 0.15) is 13.2 Å². The van der Waals surface area contributed by atoms with Crippen molar-refractivity contribution in [2.45, 2.75) is 27.8 Å². The standard InChI is InChI=1S/C23H24N4O5S3/c28-21(24-22-25-26-23(34-22)33-15-16-4-2-1-3-5-16)17-8-10-27(11-9-17)35(29,30)18-6-7-19-20(14-18)32-13-12-31-19/h1-7,14,17H,8-13,15H2,(H,24,25,28). The van der Waals surface area contributed by atoms with E-state index in [0.29, 0.717) is 42.7 Å². The van der Waals surface area contributed by atoms with Gasteiger partial charge in [0.2, 0.25) is 21.1 Å². The molecule has 0 radical (unpaired) electrons. The number of rotatable bonds is 7. The minimum atomic E-state index is -3.69. The van der Waals surface area contributed by atoms with Gasteiger partial charge in [-0.15, -0.1) is 10.2 Å². The molecule has 35 heavy (non-hydrogen) atoms. The van der Waals surface area contributed by atoms with Crippen LogP contribution in [0.2, 0.25) is 0 Å². The van der Waals surface area contributed by atoms with Crippen molar-refractivity contribution in [1.29, 1.82) is 0 Å². The first-order valence-electron chi connectivity index (χ1n) is 11.2. The fourth-order valence-corrected chi connectivity index (χ4v) is 7.13. The number of fused-ring (bicyclic) bond motifs is 1. The molecule has 0 bridgehead atoms. The Morgan fingerprint density at radius 3 is 2.57 bits per heavy atom. The summed E-state index contributed by atoms with van der Waals surface area (Å²) in [7, 11) is -3.69. The number of sulfonamides is 1. The summed E-state index contributed by atoms with van der Waals surface area (Å²) in [6.07, 6.45) is 0.869. The molecular weight excluding hydrogens is 508 g/mol. The molecule has 0 saturated carbocycles. The normalized spacial score (nSPS) is 16.7. The van der Waals surface area contributed by atoms with Crippen LogP contribution in [0.5, 0.6) is 11.5 Å². The molecule has 0 unspecified atom stereocenters. The summed E-state index contributed by atoms with van der Waals surface area (Å²) in [5.41, 5.74) is 1.19. The van der Waals surface area contributed by atoms with Crippen molar-refractivity contribution in [2.75, 3.05) is 31.6 Å². The van der Waals surface area contributed by atoms with Crippen molar-refractivity contribution in [3.63, 3.8) is 0 Å². The number of aromatic nitrogens is 2. The van der Waals surface area contributed by atoms with Crippen LogP contribution in [0.15, 0.2) is 57.8 Å². The number of nitrogens with one attached hydrogen (secondary N) is 1. The molecule has 1 aromatic heterocycles. The van der Waals surface area contributed by atoms with Gasteiger partial charge in [-0.1, -0.05) is 53.4 Å². The average Bonchev–Trinajstić information content (AvgIpc) is 3.35. The molecule has 1 N–H and O–H groups in total. The van der Waals surface area contributed by atoms with Crippen LogP contribution in [0, 0.1) is 5.92 Å². The van der Waals surface area contributed by atoms with E-state index < -0.39 is 10.0 Å². The van der Waals surface area contributed by atoms with Crippen molar-refractivity contribution < 1.29 is 22.7 Å². The van der Waals surface area contributed by atoms with Crippen LogP contribution in [0.3, 0.4) is 0 Å². The molecule has 9 nitrogen and oxygen atoms in total. The third-order valence-electron chi connectivity index (χ3n) is 5.82. The Hall–Kier alpha value is -2.67. The van der Waals surface area contributed by atoms with Crippen molar-refractivity contribution in [1.82, 2.24) is 14.5 Å². The lowest BCUT2D eigenvalue weighted by Crippen LogP contribution is -2.41. The first-order valence-corrected chi connectivity index (χ1v) is 14.4. The number of anilines is 1. The van der Waals surface area contributed by atoms with Gasteiger partial charge in [0.15, 0.2) is 15.8 Å². The SMILES string of the molecule is O=C(Nc1nnc(SCc2ccccc2)s1)C1CCN(S(=O)(=O)c2ccc3c(c2)OCCO3)CC1. The van der Waals surface area contributed by atoms with Crippen molar-refractivity contribution >= 4 is 44.2 Å². The number of hydrogen-bond donors (Lipinski definition) is 1. The Balaban J connectivity index is 1.14. The van der Waals surface area contributed by atoms with Gasteiger partial charge < -0.3 is 14.8 Å². The molecule has 0 spiro atoms. The summed E-state index contributed by atoms with van der Waals surface area (Å²) in [6.45, 7) is 1.37. The molecule has 1 fully saturated rings. The molecule has 2 aromatic carbocycles. The van der Waals surface area contributed by atoms with Crippen LogP contribution in [0.4, 0.5) is 5.13 Å². The second-order valence-electron chi connectivity index (χ2n) is 8.12. The summed E-state index contributed by atoms with van der Waals surface area (Å²) in [6, 6.07) is 14.7. The zero-order valence-electron chi connectivity index (χ0n) is 18.8. The summed E-state index contributed by atoms with van der Waals surface area (Å²) >= 11 is 2.91. The highest BCUT2D eigenvalue weighted by atomic mass is 32.2. The quantitative estimate of drug-likeness (QED) is 0.363. The Morgan fingerprint density at radius 1 is 1.06 bits per heavy atom. The number of ether oxygens (including phenoxy) is 2. The fraction of sp³-hybridized carbons (Fsp3) is 0.348. The Bertz CT molecular complexity index is 1290. The maximum Gasteiger partial charge on any atom is 0.243 e. The largest absolute Gasteiger partial charge is 0.486 e. The number of nitrogens with zero attached hydrogens (tertiary/aromatic N) is 3. The van der Waals surface area contributed by atoms with Crippen LogP contribution >= 0.6 is 23.1 Å². The second-order valence-corrected chi connectivity index (χ2v) is 12.3. The minimum absolute atomic E-state index is 0.155. The van der Waals surface area contributed by atoms with Gasteiger partial charge in [-0.3, -0.25) is 4.79 Å². The van der Waals surface area contributed by atoms with Crippen LogP contribution in [-0.4, -0.2) is 55.1 Å². The van der Waals surface area contributed by atoms with Gasteiger partial charge in [0.25, 0.3) is 0 Å². The third-order valence-corrected chi connectivity index (χ3v) is 9.76. The van der Waals surface area contributed by atoms with E-state index in [1.807, 2.05) is 18.2 Å². The first-order chi connectivity index (χ1) is 17.0. The van der Waals surface area contributed by atoms with E-state index in [1.54, 1.807) is 17.8 Å². The summed E-state index contributed by atoms with van der Waals surface area (Å²) in [5, 5.41) is 11.5. The van der Waals surface area contributed by atoms with E-state index in [0.717, 1.165) is 10.1 Å². The van der Waals surface area contributed by atoms with E-state index in [4.69, 9.17) is 9.47 Å². The summed E-state index contributed by atoms with van der Waals surface area (Å²) in [5.74, 6) is 1.32. The van der Waals surface area contributed by atoms with Crippen LogP contribution in [0.1, 0.15) is 18.4 Å². The van der Waals surface area contributed by atoms with E-state index in [2.05, 4.69) is 27.6 Å². The zero-order valence-corrected chi connectivity index (χ0v) is 21.2. The molecule has 12 heteroatoms. The Labute approximate surface area is 211 Å². The topological polar surface area (TPSA) is 111 Å². The van der Waals surface area contributed by atoms with Gasteiger partial charge in [-0.05, 0) is 30.5 Å². The molecule has 5 rings (SSSR count). The molecule has 1 amide bonds. The molecule has 3 heterocycles. The molecule has 1 saturated heterocycles. The van der Waals surface area contributed by atoms with E-state index in [9.17, 15) is 13.2 Å². The Morgan fingerprint density at radius 2 is 1.80 bits per heavy atom. The van der Waals surface area contributed by atoms with Gasteiger partial charge in [-0.25, -0.2) is 8.42 Å². The Kier molecular flexibility index (Phi) is 7.23. The monoisotopic (exact) mass is 532 g/mol. The first kappa shape index (κ1) is 24.0. The maximum atomic E-state index is 13.1. The zero-order chi connectivity index (χ0) is 24.3. The van der Waals surface area contributed by atoms with E-state index in [1.165, 1.54) is 33.3 Å². The van der Waals surface area contributed by atoms with Gasteiger partial charge >= 0.3 is 0 Å². The molecule has 2 aliphatic heterocycles. The number of benzene rings is 2. The second kappa shape index (κ2) is 10.5. The van der Waals surface area contributed by atoms with E-state index >= 15 is 0 Å². The van der Waals surface area contributed by atoms with Crippen LogP contribution in [0.25, 0.3) is 0 Å². The molecule has 2 aliphatic rings. The van der Waals surface area contributed by atoms with Crippen molar-refractivity contribution in [3.8, 4) is 11.5 Å². The minimum Gasteiger partial charge on any atom is -0.486 e. The number of carbonyl (C=O) groups is 1. The molecule has 3 aromatic rings. The number of carbonyl (C=O) groups excluding carboxylic acids is 1. The lowest BCUT2D eigenvalue weighted by Gasteiger charge is -2.30. The number of hydrogen-bond acceptors (Lipinski definition) is 9. The van der Waals surface area contributed by atoms with Gasteiger partial charge in [0, 0.05) is 30.8 Å². The number of piperidine rings is 1. The fourth-order valence-electron chi connectivity index (χ4n) is 3.94. The van der Waals surface area contributed by atoms with Crippen molar-refractivity contribution in [2.24, 2.45) is 5.92 Å². The van der Waals surface area contributed by atoms with Crippen LogP contribution in [-0.2, 0) is 20.6 Å². The lowest BCUT2D eigenvalue weighted by atomic mass is 9.97. The molecule has 184 valence electrons. The molecular formula is C23H24N4O5S3. The number of thioether (sulfide) groups is 1. The highest BCUT2D eigenvalue weighted by Gasteiger charge is 2.33. The third kappa shape index (κ3) is 5.61. The number of amides is 1. The summed E-state index contributed by atoms with van der Waals surface area (Å²) in [4.78, 5) is 12.9. The van der Waals surface area contributed by atoms with Crippen LogP contribution < -0.4 is 14.8 Å². The average molecular weight is 533 g/mol. The van der Waals surface area contributed by atoms with Gasteiger partial charge in [0.05, 0.1) is 4.90 Å². The molecule has 0 atom stereocenters. The highest BCUT2D eigenvalue weighted by molar-refractivity contribution is 8.00. The molecule has 0 aliphatic carbocycles. The van der Waals surface area contributed by atoms with Crippen molar-refractivity contribution in [3.05, 3.63) is 54.1 Å². The summed E-state index contributed by atoms with van der Waals surface area (Å²) < 4.78 is 39.4. The predicted molar refractivity (Wildman–Crippen MR) is 133 cm³/mol. The van der Waals surface area contributed by atoms with Gasteiger partial charge in [-0.2, -0.15) is 4.31 Å². The predicted octanol–water partition coefficient (Wildman–Crippen LogP) is 3.64. The highest BCUT2D eigenvalue weighted by Crippen LogP contribution is 2.34. The van der Waals surface area contributed by atoms with E-state index in [-0.39, 0.29) is 29.8 Å². The smallest absolute Gasteiger partial charge is 0.243 e.